The lowest BCUT2D eigenvalue weighted by Gasteiger charge is -2.17. The third-order valence-electron chi connectivity index (χ3n) is 5.90. The number of amides is 1. The molecule has 1 N–H and O–H groups in total. The number of hydrogen-bond donors (Lipinski definition) is 1. The fourth-order valence-corrected chi connectivity index (χ4v) is 4.24. The molecule has 2 heterocycles. The van der Waals surface area contributed by atoms with Crippen LogP contribution in [0.5, 0.6) is 0 Å². The fraction of sp³-hybridized carbons (Fsp3) is 0.320. The lowest BCUT2D eigenvalue weighted by atomic mass is 9.88. The van der Waals surface area contributed by atoms with Gasteiger partial charge in [0.2, 0.25) is 5.91 Å². The van der Waals surface area contributed by atoms with Crippen molar-refractivity contribution in [2.75, 3.05) is 19.6 Å². The number of hydrogen-bond acceptors (Lipinski definition) is 4. The first-order chi connectivity index (χ1) is 15.6. The van der Waals surface area contributed by atoms with Crippen LogP contribution in [0.3, 0.4) is 0 Å². The maximum atomic E-state index is 13.3. The Morgan fingerprint density at radius 2 is 1.76 bits per heavy atom. The number of carbonyl (C=O) groups excluding carboxylic acids is 2. The third-order valence-corrected chi connectivity index (χ3v) is 5.90. The molecular weight excluding hydrogens is 443 g/mol. The summed E-state index contributed by atoms with van der Waals surface area (Å²) in [6.07, 6.45) is 6.14. The van der Waals surface area contributed by atoms with Gasteiger partial charge in [0.25, 0.3) is 0 Å². The quantitative estimate of drug-likeness (QED) is 0.383. The minimum absolute atomic E-state index is 0. The van der Waals surface area contributed by atoms with Crippen molar-refractivity contribution in [1.29, 1.82) is 0 Å². The van der Waals surface area contributed by atoms with Gasteiger partial charge in [0.05, 0.1) is 12.2 Å². The minimum Gasteiger partial charge on any atom is -0.356 e. The van der Waals surface area contributed by atoms with Gasteiger partial charge in [0.1, 0.15) is 5.82 Å². The fourth-order valence-electron chi connectivity index (χ4n) is 4.24. The lowest BCUT2D eigenvalue weighted by molar-refractivity contribution is -0.125. The highest BCUT2D eigenvalue weighted by atomic mass is 35.5. The standard InChI is InChI=1S/C25H27FN4O2.ClH/c26-21-9-7-20(8-10-21)24(31)22-16-30(15-19-5-2-1-3-6-19)17-23(22)25(32)28-11-4-13-29-14-12-27-18-29;/h1-3,5-10,12,14,18,22-23H,4,11,13,15-17H2,(H,28,32);1H/t22-,23-;/m1./s1. The van der Waals surface area contributed by atoms with E-state index < -0.39 is 11.8 Å². The van der Waals surface area contributed by atoms with E-state index in [2.05, 4.69) is 15.2 Å². The zero-order chi connectivity index (χ0) is 22.3. The van der Waals surface area contributed by atoms with Crippen LogP contribution in [0.15, 0.2) is 73.3 Å². The van der Waals surface area contributed by atoms with Crippen molar-refractivity contribution in [3.05, 3.63) is 90.3 Å². The summed E-state index contributed by atoms with van der Waals surface area (Å²) in [6.45, 7) is 2.99. The SMILES string of the molecule is Cl.O=C(NCCCn1ccnc1)[C@@H]1CN(Cc2ccccc2)C[C@H]1C(=O)c1ccc(F)cc1. The molecule has 6 nitrogen and oxygen atoms in total. The van der Waals surface area contributed by atoms with Crippen molar-refractivity contribution in [3.63, 3.8) is 0 Å². The van der Waals surface area contributed by atoms with Crippen LogP contribution in [-0.4, -0.2) is 45.8 Å². The normalized spacial score (nSPS) is 18.0. The Kier molecular flexibility index (Phi) is 8.74. The van der Waals surface area contributed by atoms with Crippen LogP contribution in [0.1, 0.15) is 22.3 Å². The van der Waals surface area contributed by atoms with E-state index in [1.807, 2.05) is 41.1 Å². The van der Waals surface area contributed by atoms with Gasteiger partial charge in [-0.25, -0.2) is 9.37 Å². The van der Waals surface area contributed by atoms with Crippen molar-refractivity contribution in [2.45, 2.75) is 19.5 Å². The molecule has 4 rings (SSSR count). The zero-order valence-corrected chi connectivity index (χ0v) is 19.1. The van der Waals surface area contributed by atoms with E-state index in [1.165, 1.54) is 24.3 Å². The van der Waals surface area contributed by atoms with Crippen LogP contribution in [0.4, 0.5) is 4.39 Å². The van der Waals surface area contributed by atoms with Gasteiger partial charge >= 0.3 is 0 Å². The predicted octanol–water partition coefficient (Wildman–Crippen LogP) is 3.58. The highest BCUT2D eigenvalue weighted by Gasteiger charge is 2.41. The van der Waals surface area contributed by atoms with Crippen molar-refractivity contribution < 1.29 is 14.0 Å². The summed E-state index contributed by atoms with van der Waals surface area (Å²) in [5.41, 5.74) is 1.58. The second-order valence-electron chi connectivity index (χ2n) is 8.21. The Morgan fingerprint density at radius 3 is 2.45 bits per heavy atom. The number of halogens is 2. The van der Waals surface area contributed by atoms with E-state index in [1.54, 1.807) is 12.5 Å². The Hall–Kier alpha value is -3.03. The Balaban J connectivity index is 0.00000306. The lowest BCUT2D eigenvalue weighted by Crippen LogP contribution is -2.38. The van der Waals surface area contributed by atoms with Crippen LogP contribution in [-0.2, 0) is 17.9 Å². The van der Waals surface area contributed by atoms with Crippen molar-refractivity contribution in [1.82, 2.24) is 19.8 Å². The molecule has 2 aromatic carbocycles. The van der Waals surface area contributed by atoms with Crippen LogP contribution in [0.2, 0.25) is 0 Å². The first-order valence-electron chi connectivity index (χ1n) is 10.9. The Morgan fingerprint density at radius 1 is 1.03 bits per heavy atom. The van der Waals surface area contributed by atoms with E-state index in [0.29, 0.717) is 31.7 Å². The van der Waals surface area contributed by atoms with Gasteiger partial charge in [-0.1, -0.05) is 30.3 Å². The summed E-state index contributed by atoms with van der Waals surface area (Å²) in [5.74, 6) is -1.50. The summed E-state index contributed by atoms with van der Waals surface area (Å²) >= 11 is 0. The second kappa shape index (κ2) is 11.7. The number of nitrogens with one attached hydrogen (secondary N) is 1. The number of rotatable bonds is 9. The average molecular weight is 471 g/mol. The van der Waals surface area contributed by atoms with E-state index in [-0.39, 0.29) is 29.9 Å². The van der Waals surface area contributed by atoms with E-state index in [4.69, 9.17) is 0 Å². The third kappa shape index (κ3) is 6.49. The van der Waals surface area contributed by atoms with Gasteiger partial charge in [0, 0.05) is 56.6 Å². The highest BCUT2D eigenvalue weighted by molar-refractivity contribution is 6.01. The van der Waals surface area contributed by atoms with Crippen molar-refractivity contribution in [3.8, 4) is 0 Å². The molecule has 2 atom stereocenters. The van der Waals surface area contributed by atoms with Gasteiger partial charge in [-0.3, -0.25) is 14.5 Å². The topological polar surface area (TPSA) is 67.2 Å². The van der Waals surface area contributed by atoms with Crippen molar-refractivity contribution in [2.24, 2.45) is 11.8 Å². The van der Waals surface area contributed by atoms with Gasteiger partial charge < -0.3 is 9.88 Å². The molecule has 1 fully saturated rings. The van der Waals surface area contributed by atoms with Crippen LogP contribution >= 0.6 is 12.4 Å². The van der Waals surface area contributed by atoms with Gasteiger partial charge in [0.15, 0.2) is 5.78 Å². The summed E-state index contributed by atoms with van der Waals surface area (Å²) in [4.78, 5) is 32.4. The number of likely N-dealkylation sites (tertiary alicyclic amines) is 1. The molecule has 174 valence electrons. The summed E-state index contributed by atoms with van der Waals surface area (Å²) in [6, 6.07) is 15.6. The summed E-state index contributed by atoms with van der Waals surface area (Å²) in [5, 5.41) is 3.01. The molecule has 1 aromatic heterocycles. The maximum Gasteiger partial charge on any atom is 0.225 e. The van der Waals surface area contributed by atoms with Crippen LogP contribution in [0.25, 0.3) is 0 Å². The summed E-state index contributed by atoms with van der Waals surface area (Å²) < 4.78 is 15.3. The number of aryl methyl sites for hydroxylation is 1. The largest absolute Gasteiger partial charge is 0.356 e. The second-order valence-corrected chi connectivity index (χ2v) is 8.21. The molecule has 3 aromatic rings. The first-order valence-corrected chi connectivity index (χ1v) is 10.9. The zero-order valence-electron chi connectivity index (χ0n) is 18.3. The Labute approximate surface area is 199 Å². The van der Waals surface area contributed by atoms with Crippen molar-refractivity contribution >= 4 is 24.1 Å². The number of carbonyl (C=O) groups is 2. The smallest absolute Gasteiger partial charge is 0.225 e. The molecule has 1 aliphatic heterocycles. The number of aromatic nitrogens is 2. The molecule has 0 bridgehead atoms. The highest BCUT2D eigenvalue weighted by Crippen LogP contribution is 2.28. The molecule has 0 unspecified atom stereocenters. The molecule has 0 saturated carbocycles. The van der Waals surface area contributed by atoms with Crippen LogP contribution < -0.4 is 5.32 Å². The first kappa shape index (κ1) is 24.6. The molecule has 1 saturated heterocycles. The van der Waals surface area contributed by atoms with Gasteiger partial charge in [-0.2, -0.15) is 0 Å². The monoisotopic (exact) mass is 470 g/mol. The molecule has 0 spiro atoms. The average Bonchev–Trinajstić information content (AvgIpc) is 3.47. The van der Waals surface area contributed by atoms with Gasteiger partial charge in [-0.15, -0.1) is 12.4 Å². The molecule has 1 amide bonds. The van der Waals surface area contributed by atoms with E-state index in [0.717, 1.165) is 18.5 Å². The van der Waals surface area contributed by atoms with E-state index >= 15 is 0 Å². The Bertz CT molecular complexity index is 1030. The van der Waals surface area contributed by atoms with Crippen LogP contribution in [0, 0.1) is 17.7 Å². The van der Waals surface area contributed by atoms with Gasteiger partial charge in [-0.05, 0) is 36.2 Å². The number of imidazole rings is 1. The molecule has 33 heavy (non-hydrogen) atoms. The molecule has 8 heteroatoms. The number of Topliss-reactive ketones (excluding diaryl/α,β-unsaturated/α-hetero) is 1. The molecular formula is C25H28ClFN4O2. The molecule has 1 aliphatic rings. The minimum atomic E-state index is -0.460. The van der Waals surface area contributed by atoms with E-state index in [9.17, 15) is 14.0 Å². The maximum absolute atomic E-state index is 13.3. The predicted molar refractivity (Wildman–Crippen MR) is 127 cm³/mol. The number of nitrogens with zero attached hydrogens (tertiary/aromatic N) is 3. The number of benzene rings is 2. The number of ketones is 1. The molecule has 0 radical (unpaired) electrons. The summed E-state index contributed by atoms with van der Waals surface area (Å²) in [7, 11) is 0. The molecule has 0 aliphatic carbocycles.